The standard InChI is InChI=1S/C14H18INO2/c1-2-18-11-7-10(8-11)9-14(17)16-13-6-4-3-5-12(13)15/h3-6,10-11H,2,7-9H2,1H3,(H,16,17). The van der Waals surface area contributed by atoms with E-state index in [-0.39, 0.29) is 5.91 Å². The monoisotopic (exact) mass is 359 g/mol. The Balaban J connectivity index is 1.75. The number of rotatable bonds is 5. The summed E-state index contributed by atoms with van der Waals surface area (Å²) in [4.78, 5) is 11.9. The number of amides is 1. The number of ether oxygens (including phenoxy) is 1. The highest BCUT2D eigenvalue weighted by molar-refractivity contribution is 14.1. The highest BCUT2D eigenvalue weighted by Crippen LogP contribution is 2.33. The van der Waals surface area contributed by atoms with Crippen LogP contribution in [0, 0.1) is 9.49 Å². The van der Waals surface area contributed by atoms with E-state index in [1.165, 1.54) is 0 Å². The van der Waals surface area contributed by atoms with E-state index in [1.54, 1.807) is 0 Å². The number of hydrogen-bond donors (Lipinski definition) is 1. The van der Waals surface area contributed by atoms with Gasteiger partial charge in [-0.25, -0.2) is 0 Å². The van der Waals surface area contributed by atoms with Gasteiger partial charge in [-0.15, -0.1) is 0 Å². The summed E-state index contributed by atoms with van der Waals surface area (Å²) in [6.07, 6.45) is 3.03. The third kappa shape index (κ3) is 3.68. The van der Waals surface area contributed by atoms with Crippen molar-refractivity contribution in [3.63, 3.8) is 0 Å². The van der Waals surface area contributed by atoms with E-state index < -0.39 is 0 Å². The van der Waals surface area contributed by atoms with Crippen LogP contribution in [-0.4, -0.2) is 18.6 Å². The zero-order chi connectivity index (χ0) is 13.0. The van der Waals surface area contributed by atoms with Crippen molar-refractivity contribution in [2.45, 2.75) is 32.3 Å². The van der Waals surface area contributed by atoms with Crippen LogP contribution in [-0.2, 0) is 9.53 Å². The van der Waals surface area contributed by atoms with Crippen molar-refractivity contribution in [3.05, 3.63) is 27.8 Å². The van der Waals surface area contributed by atoms with E-state index in [1.807, 2.05) is 31.2 Å². The summed E-state index contributed by atoms with van der Waals surface area (Å²) in [5, 5.41) is 2.97. The quantitative estimate of drug-likeness (QED) is 0.818. The molecule has 0 saturated heterocycles. The summed E-state index contributed by atoms with van der Waals surface area (Å²) in [5.41, 5.74) is 0.906. The Kier molecular flexibility index (Phi) is 5.00. The Morgan fingerprint density at radius 2 is 2.17 bits per heavy atom. The molecular weight excluding hydrogens is 341 g/mol. The minimum atomic E-state index is 0.110. The van der Waals surface area contributed by atoms with Gasteiger partial charge in [-0.3, -0.25) is 4.79 Å². The topological polar surface area (TPSA) is 38.3 Å². The van der Waals surface area contributed by atoms with E-state index >= 15 is 0 Å². The van der Waals surface area contributed by atoms with Gasteiger partial charge < -0.3 is 10.1 Å². The molecule has 0 atom stereocenters. The van der Waals surface area contributed by atoms with Gasteiger partial charge in [0.15, 0.2) is 0 Å². The maximum Gasteiger partial charge on any atom is 0.224 e. The van der Waals surface area contributed by atoms with Crippen LogP contribution in [0.15, 0.2) is 24.3 Å². The molecule has 0 spiro atoms. The van der Waals surface area contributed by atoms with Gasteiger partial charge in [0.2, 0.25) is 5.91 Å². The molecule has 2 rings (SSSR count). The molecule has 0 aromatic heterocycles. The Hall–Kier alpha value is -0.620. The van der Waals surface area contributed by atoms with Gasteiger partial charge in [0.05, 0.1) is 11.8 Å². The molecule has 3 nitrogen and oxygen atoms in total. The van der Waals surface area contributed by atoms with Crippen LogP contribution >= 0.6 is 22.6 Å². The first-order valence-electron chi connectivity index (χ1n) is 6.35. The van der Waals surface area contributed by atoms with E-state index in [0.717, 1.165) is 28.7 Å². The van der Waals surface area contributed by atoms with Crippen molar-refractivity contribution < 1.29 is 9.53 Å². The van der Waals surface area contributed by atoms with E-state index in [9.17, 15) is 4.79 Å². The molecule has 0 unspecified atom stereocenters. The number of halogens is 1. The molecule has 1 aliphatic rings. The molecule has 1 aliphatic carbocycles. The van der Waals surface area contributed by atoms with Crippen LogP contribution in [0.3, 0.4) is 0 Å². The van der Waals surface area contributed by atoms with Crippen molar-refractivity contribution in [2.24, 2.45) is 5.92 Å². The van der Waals surface area contributed by atoms with E-state index in [0.29, 0.717) is 18.4 Å². The van der Waals surface area contributed by atoms with Crippen molar-refractivity contribution in [1.82, 2.24) is 0 Å². The van der Waals surface area contributed by atoms with Crippen molar-refractivity contribution >= 4 is 34.2 Å². The van der Waals surface area contributed by atoms with Crippen molar-refractivity contribution in [1.29, 1.82) is 0 Å². The van der Waals surface area contributed by atoms with Gasteiger partial charge in [-0.2, -0.15) is 0 Å². The van der Waals surface area contributed by atoms with Gasteiger partial charge in [0.25, 0.3) is 0 Å². The van der Waals surface area contributed by atoms with Crippen molar-refractivity contribution in [3.8, 4) is 0 Å². The zero-order valence-corrected chi connectivity index (χ0v) is 12.6. The molecule has 1 aromatic carbocycles. The summed E-state index contributed by atoms with van der Waals surface area (Å²) in [7, 11) is 0. The zero-order valence-electron chi connectivity index (χ0n) is 10.5. The lowest BCUT2D eigenvalue weighted by Crippen LogP contribution is -2.33. The number of para-hydroxylation sites is 1. The summed E-state index contributed by atoms with van der Waals surface area (Å²) >= 11 is 2.23. The minimum Gasteiger partial charge on any atom is -0.378 e. The van der Waals surface area contributed by atoms with Gasteiger partial charge in [0.1, 0.15) is 0 Å². The molecule has 1 N–H and O–H groups in total. The predicted molar refractivity (Wildman–Crippen MR) is 80.5 cm³/mol. The maximum absolute atomic E-state index is 11.9. The Morgan fingerprint density at radius 1 is 1.44 bits per heavy atom. The lowest BCUT2D eigenvalue weighted by atomic mass is 9.80. The molecule has 18 heavy (non-hydrogen) atoms. The molecule has 1 fully saturated rings. The summed E-state index contributed by atoms with van der Waals surface area (Å²) < 4.78 is 6.57. The molecule has 0 heterocycles. The van der Waals surface area contributed by atoms with Crippen LogP contribution in [0.2, 0.25) is 0 Å². The molecule has 0 bridgehead atoms. The first-order chi connectivity index (χ1) is 8.69. The second-order valence-corrected chi connectivity index (χ2v) is 5.81. The molecule has 1 aromatic rings. The van der Waals surface area contributed by atoms with Gasteiger partial charge in [-0.05, 0) is 60.4 Å². The van der Waals surface area contributed by atoms with Crippen LogP contribution in [0.4, 0.5) is 5.69 Å². The minimum absolute atomic E-state index is 0.110. The molecular formula is C14H18INO2. The van der Waals surface area contributed by atoms with Gasteiger partial charge in [0, 0.05) is 16.6 Å². The number of hydrogen-bond acceptors (Lipinski definition) is 2. The van der Waals surface area contributed by atoms with E-state index in [2.05, 4.69) is 27.9 Å². The van der Waals surface area contributed by atoms with Gasteiger partial charge >= 0.3 is 0 Å². The SMILES string of the molecule is CCOC1CC(CC(=O)Nc2ccccc2I)C1. The fourth-order valence-electron chi connectivity index (χ4n) is 2.24. The van der Waals surface area contributed by atoms with Crippen LogP contribution in [0.25, 0.3) is 0 Å². The first kappa shape index (κ1) is 13.8. The average Bonchev–Trinajstić information content (AvgIpc) is 2.29. The largest absolute Gasteiger partial charge is 0.378 e. The number of benzene rings is 1. The Bertz CT molecular complexity index is 416. The van der Waals surface area contributed by atoms with Crippen LogP contribution in [0.5, 0.6) is 0 Å². The molecule has 1 amide bonds. The molecule has 1 saturated carbocycles. The second-order valence-electron chi connectivity index (χ2n) is 4.65. The molecule has 98 valence electrons. The number of carbonyl (C=O) groups is 1. The summed E-state index contributed by atoms with van der Waals surface area (Å²) in [6, 6.07) is 7.83. The molecule has 0 aliphatic heterocycles. The summed E-state index contributed by atoms with van der Waals surface area (Å²) in [6.45, 7) is 2.78. The third-order valence-corrected chi connectivity index (χ3v) is 4.16. The molecule has 0 radical (unpaired) electrons. The van der Waals surface area contributed by atoms with E-state index in [4.69, 9.17) is 4.74 Å². The summed E-state index contributed by atoms with van der Waals surface area (Å²) in [5.74, 6) is 0.599. The second kappa shape index (κ2) is 6.52. The van der Waals surface area contributed by atoms with Gasteiger partial charge in [-0.1, -0.05) is 12.1 Å². The predicted octanol–water partition coefficient (Wildman–Crippen LogP) is 3.43. The smallest absolute Gasteiger partial charge is 0.224 e. The van der Waals surface area contributed by atoms with Crippen molar-refractivity contribution in [2.75, 3.05) is 11.9 Å². The molecule has 4 heteroatoms. The normalized spacial score (nSPS) is 22.3. The Morgan fingerprint density at radius 3 is 2.83 bits per heavy atom. The third-order valence-electron chi connectivity index (χ3n) is 3.22. The lowest BCUT2D eigenvalue weighted by molar-refractivity contribution is -0.119. The lowest BCUT2D eigenvalue weighted by Gasteiger charge is -2.34. The average molecular weight is 359 g/mol. The first-order valence-corrected chi connectivity index (χ1v) is 7.43. The van der Waals surface area contributed by atoms with Crippen LogP contribution < -0.4 is 5.32 Å². The van der Waals surface area contributed by atoms with Crippen LogP contribution in [0.1, 0.15) is 26.2 Å². The highest BCUT2D eigenvalue weighted by atomic mass is 127. The Labute approximate surface area is 121 Å². The maximum atomic E-state index is 11.9. The fraction of sp³-hybridized carbons (Fsp3) is 0.500. The highest BCUT2D eigenvalue weighted by Gasteiger charge is 2.31. The number of carbonyl (C=O) groups excluding carboxylic acids is 1. The number of nitrogens with one attached hydrogen (secondary N) is 1. The number of anilines is 1. The fourth-order valence-corrected chi connectivity index (χ4v) is 2.76.